The van der Waals surface area contributed by atoms with Gasteiger partial charge in [-0.1, -0.05) is 19.9 Å². The van der Waals surface area contributed by atoms with Gasteiger partial charge in [-0.2, -0.15) is 9.61 Å². The van der Waals surface area contributed by atoms with Gasteiger partial charge in [0.05, 0.1) is 17.8 Å². The Balaban J connectivity index is 2.20. The van der Waals surface area contributed by atoms with Gasteiger partial charge in [-0.25, -0.2) is 14.6 Å². The van der Waals surface area contributed by atoms with Gasteiger partial charge in [0.25, 0.3) is 0 Å². The third kappa shape index (κ3) is 5.88. The van der Waals surface area contributed by atoms with Gasteiger partial charge in [-0.05, 0) is 65.2 Å². The van der Waals surface area contributed by atoms with E-state index in [1.165, 1.54) is 10.6 Å². The van der Waals surface area contributed by atoms with Crippen LogP contribution in [-0.4, -0.2) is 56.9 Å². The largest absolute Gasteiger partial charge is 0.476 e. The van der Waals surface area contributed by atoms with Crippen LogP contribution < -0.4 is 4.90 Å². The Morgan fingerprint density at radius 2 is 1.92 bits per heavy atom. The molecule has 1 saturated heterocycles. The average molecular weight is 501 g/mol. The molecule has 0 aromatic carbocycles. The van der Waals surface area contributed by atoms with Crippen LogP contribution in [0.3, 0.4) is 0 Å². The Kier molecular flexibility index (Phi) is 8.13. The molecule has 1 N–H and O–H groups in total. The van der Waals surface area contributed by atoms with Crippen molar-refractivity contribution in [3.05, 3.63) is 35.7 Å². The number of rotatable bonds is 9. The normalized spacial score (nSPS) is 16.8. The second kappa shape index (κ2) is 10.6. The van der Waals surface area contributed by atoms with E-state index in [9.17, 15) is 14.7 Å². The Morgan fingerprint density at radius 1 is 1.28 bits per heavy atom. The maximum absolute atomic E-state index is 13.2. The predicted octanol–water partition coefficient (Wildman–Crippen LogP) is 4.97. The Bertz CT molecular complexity index is 1120. The SMILES string of the molecule is C=CC1(CC(C)C)CCN(c2c(C(OC(C)(C)C)C(=O)OCC)c(C)nc3cc(C(=O)O)nn23)CC1. The van der Waals surface area contributed by atoms with Crippen molar-refractivity contribution in [2.24, 2.45) is 11.3 Å². The Morgan fingerprint density at radius 3 is 2.42 bits per heavy atom. The molecule has 1 fully saturated rings. The summed E-state index contributed by atoms with van der Waals surface area (Å²) in [4.78, 5) is 31.7. The first-order chi connectivity index (χ1) is 16.8. The summed E-state index contributed by atoms with van der Waals surface area (Å²) in [5.74, 6) is -0.493. The molecule has 3 heterocycles. The van der Waals surface area contributed by atoms with E-state index < -0.39 is 23.6 Å². The van der Waals surface area contributed by atoms with Crippen LogP contribution in [0.25, 0.3) is 5.65 Å². The minimum Gasteiger partial charge on any atom is -0.476 e. The van der Waals surface area contributed by atoms with Gasteiger partial charge in [0, 0.05) is 24.8 Å². The van der Waals surface area contributed by atoms with Crippen LogP contribution >= 0.6 is 0 Å². The van der Waals surface area contributed by atoms with E-state index in [0.717, 1.165) is 19.3 Å². The molecule has 36 heavy (non-hydrogen) atoms. The molecule has 9 heteroatoms. The van der Waals surface area contributed by atoms with Crippen LogP contribution in [0.4, 0.5) is 5.82 Å². The van der Waals surface area contributed by atoms with Gasteiger partial charge in [0.1, 0.15) is 5.82 Å². The van der Waals surface area contributed by atoms with Crippen molar-refractivity contribution in [3.8, 4) is 0 Å². The average Bonchev–Trinajstić information content (AvgIpc) is 3.20. The van der Waals surface area contributed by atoms with Gasteiger partial charge < -0.3 is 19.5 Å². The molecule has 0 amide bonds. The number of hydrogen-bond donors (Lipinski definition) is 1. The van der Waals surface area contributed by atoms with Crippen molar-refractivity contribution in [1.82, 2.24) is 14.6 Å². The first-order valence-corrected chi connectivity index (χ1v) is 12.7. The molecule has 1 unspecified atom stereocenters. The molecule has 198 valence electrons. The second-order valence-corrected chi connectivity index (χ2v) is 11.1. The van der Waals surface area contributed by atoms with Crippen LogP contribution in [0.5, 0.6) is 0 Å². The third-order valence-electron chi connectivity index (χ3n) is 6.56. The van der Waals surface area contributed by atoms with Crippen molar-refractivity contribution >= 4 is 23.4 Å². The lowest BCUT2D eigenvalue weighted by molar-refractivity contribution is -0.166. The second-order valence-electron chi connectivity index (χ2n) is 11.1. The van der Waals surface area contributed by atoms with Crippen LogP contribution in [0, 0.1) is 18.3 Å². The number of esters is 1. The fourth-order valence-electron chi connectivity index (χ4n) is 5.10. The van der Waals surface area contributed by atoms with Crippen LogP contribution in [0.1, 0.15) is 88.7 Å². The van der Waals surface area contributed by atoms with Gasteiger partial charge in [-0.15, -0.1) is 6.58 Å². The summed E-state index contributed by atoms with van der Waals surface area (Å²) in [5, 5.41) is 14.0. The van der Waals surface area contributed by atoms with Gasteiger partial charge in [0.15, 0.2) is 17.4 Å². The molecule has 2 aromatic rings. The van der Waals surface area contributed by atoms with E-state index in [0.29, 0.717) is 41.7 Å². The number of anilines is 1. The first-order valence-electron chi connectivity index (χ1n) is 12.7. The van der Waals surface area contributed by atoms with E-state index in [-0.39, 0.29) is 17.7 Å². The number of nitrogens with zero attached hydrogens (tertiary/aromatic N) is 4. The minimum absolute atomic E-state index is 0.0326. The molecular formula is C27H40N4O5. The third-order valence-corrected chi connectivity index (χ3v) is 6.56. The van der Waals surface area contributed by atoms with Crippen LogP contribution in [0.2, 0.25) is 0 Å². The highest BCUT2D eigenvalue weighted by Crippen LogP contribution is 2.42. The summed E-state index contributed by atoms with van der Waals surface area (Å²) in [6.07, 6.45) is 3.85. The lowest BCUT2D eigenvalue weighted by atomic mass is 9.73. The van der Waals surface area contributed by atoms with Crippen molar-refractivity contribution in [2.45, 2.75) is 79.4 Å². The zero-order chi connectivity index (χ0) is 26.8. The summed E-state index contributed by atoms with van der Waals surface area (Å²) in [5.41, 5.74) is 0.797. The van der Waals surface area contributed by atoms with E-state index in [1.807, 2.05) is 20.8 Å². The zero-order valence-electron chi connectivity index (χ0n) is 22.6. The summed E-state index contributed by atoms with van der Waals surface area (Å²) in [6.45, 7) is 19.3. The lowest BCUT2D eigenvalue weighted by Crippen LogP contribution is -2.42. The van der Waals surface area contributed by atoms with Crippen molar-refractivity contribution in [3.63, 3.8) is 0 Å². The molecule has 0 bridgehead atoms. The standard InChI is InChI=1S/C27H40N4O5/c1-9-27(16-17(3)4)11-13-30(14-12-27)23-21(22(25(34)35-10-2)36-26(6,7)8)18(5)28-20-15-19(24(32)33)29-31(20)23/h9,15,17,22H,1,10-14,16H2,2-8H3,(H,32,33). The van der Waals surface area contributed by atoms with Gasteiger partial charge >= 0.3 is 11.9 Å². The van der Waals surface area contributed by atoms with Crippen LogP contribution in [-0.2, 0) is 14.3 Å². The van der Waals surface area contributed by atoms with E-state index >= 15 is 0 Å². The molecule has 2 aromatic heterocycles. The van der Waals surface area contributed by atoms with Crippen LogP contribution in [0.15, 0.2) is 18.7 Å². The molecule has 1 aliphatic rings. The number of aryl methyl sites for hydroxylation is 1. The number of aromatic carboxylic acids is 1. The first kappa shape index (κ1) is 27.6. The van der Waals surface area contributed by atoms with Gasteiger partial charge in [-0.3, -0.25) is 0 Å². The molecule has 9 nitrogen and oxygen atoms in total. The highest BCUT2D eigenvalue weighted by molar-refractivity contribution is 5.87. The number of hydrogen-bond acceptors (Lipinski definition) is 7. The number of carboxylic acids is 1. The summed E-state index contributed by atoms with van der Waals surface area (Å²) < 4.78 is 13.2. The maximum atomic E-state index is 13.2. The lowest BCUT2D eigenvalue weighted by Gasteiger charge is -2.43. The number of carboxylic acid groups (broad SMARTS) is 1. The molecular weight excluding hydrogens is 460 g/mol. The number of ether oxygens (including phenoxy) is 2. The number of allylic oxidation sites excluding steroid dienone is 1. The number of carbonyl (C=O) groups is 2. The number of carbonyl (C=O) groups excluding carboxylic acids is 1. The number of fused-ring (bicyclic) bond motifs is 1. The molecule has 0 aliphatic carbocycles. The van der Waals surface area contributed by atoms with Crippen molar-refractivity contribution in [1.29, 1.82) is 0 Å². The van der Waals surface area contributed by atoms with E-state index in [2.05, 4.69) is 41.5 Å². The molecule has 0 radical (unpaired) electrons. The molecule has 1 atom stereocenters. The van der Waals surface area contributed by atoms with Gasteiger partial charge in [0.2, 0.25) is 0 Å². The summed E-state index contributed by atoms with van der Waals surface area (Å²) >= 11 is 0. The molecule has 0 spiro atoms. The summed E-state index contributed by atoms with van der Waals surface area (Å²) in [7, 11) is 0. The topological polar surface area (TPSA) is 106 Å². The maximum Gasteiger partial charge on any atom is 0.356 e. The highest BCUT2D eigenvalue weighted by atomic mass is 16.6. The smallest absolute Gasteiger partial charge is 0.356 e. The fraction of sp³-hybridized carbons (Fsp3) is 0.630. The Hall–Kier alpha value is -2.94. The van der Waals surface area contributed by atoms with E-state index in [4.69, 9.17) is 9.47 Å². The monoisotopic (exact) mass is 500 g/mol. The minimum atomic E-state index is -1.14. The zero-order valence-corrected chi connectivity index (χ0v) is 22.6. The Labute approximate surface area is 213 Å². The molecule has 1 aliphatic heterocycles. The van der Waals surface area contributed by atoms with E-state index in [1.54, 1.807) is 13.8 Å². The number of aromatic nitrogens is 3. The fourth-order valence-corrected chi connectivity index (χ4v) is 5.10. The quantitative estimate of drug-likeness (QED) is 0.380. The predicted molar refractivity (Wildman–Crippen MR) is 138 cm³/mol. The highest BCUT2D eigenvalue weighted by Gasteiger charge is 2.38. The summed E-state index contributed by atoms with van der Waals surface area (Å²) in [6, 6.07) is 1.45. The molecule has 3 rings (SSSR count). The molecule has 0 saturated carbocycles. The number of piperidine rings is 1. The van der Waals surface area contributed by atoms with Crippen molar-refractivity contribution in [2.75, 3.05) is 24.6 Å². The van der Waals surface area contributed by atoms with Crippen molar-refractivity contribution < 1.29 is 24.2 Å².